The Kier molecular flexibility index (Phi) is 3.32. The minimum absolute atomic E-state index is 0.218. The van der Waals surface area contributed by atoms with Crippen molar-refractivity contribution in [1.29, 1.82) is 0 Å². The third-order valence-corrected chi connectivity index (χ3v) is 2.83. The van der Waals surface area contributed by atoms with Gasteiger partial charge in [0.05, 0.1) is 19.2 Å². The molecular formula is C13H14N2O3. The summed E-state index contributed by atoms with van der Waals surface area (Å²) in [6.07, 6.45) is 0. The van der Waals surface area contributed by atoms with Gasteiger partial charge in [-0.25, -0.2) is 4.79 Å². The highest BCUT2D eigenvalue weighted by Gasteiger charge is 2.34. The number of methoxy groups -OCH3 is 1. The average Bonchev–Trinajstić information content (AvgIpc) is 2.75. The number of rotatable bonds is 3. The highest BCUT2D eigenvalue weighted by Crippen LogP contribution is 2.24. The number of carbonyl (C=O) groups excluding carboxylic acids is 2. The quantitative estimate of drug-likeness (QED) is 0.797. The van der Waals surface area contributed by atoms with Crippen molar-refractivity contribution in [3.8, 4) is 0 Å². The van der Waals surface area contributed by atoms with Gasteiger partial charge in [0.25, 0.3) is 5.91 Å². The van der Waals surface area contributed by atoms with Crippen molar-refractivity contribution in [3.05, 3.63) is 41.6 Å². The van der Waals surface area contributed by atoms with Crippen LogP contribution in [0, 0.1) is 0 Å². The molecule has 0 saturated heterocycles. The predicted octanol–water partition coefficient (Wildman–Crippen LogP) is 0.680. The Morgan fingerprint density at radius 1 is 1.33 bits per heavy atom. The fourth-order valence-electron chi connectivity index (χ4n) is 1.94. The first-order chi connectivity index (χ1) is 8.69. The second-order valence-electron chi connectivity index (χ2n) is 3.82. The summed E-state index contributed by atoms with van der Waals surface area (Å²) >= 11 is 0. The van der Waals surface area contributed by atoms with Gasteiger partial charge in [0.15, 0.2) is 0 Å². The van der Waals surface area contributed by atoms with Crippen molar-refractivity contribution in [3.63, 3.8) is 0 Å². The van der Waals surface area contributed by atoms with Crippen LogP contribution in [0.5, 0.6) is 0 Å². The zero-order valence-electron chi connectivity index (χ0n) is 10.3. The van der Waals surface area contributed by atoms with Crippen molar-refractivity contribution >= 4 is 17.6 Å². The minimum Gasteiger partial charge on any atom is -0.466 e. The fourth-order valence-corrected chi connectivity index (χ4v) is 1.94. The normalized spacial score (nSPS) is 15.0. The molecule has 0 spiro atoms. The molecule has 0 bridgehead atoms. The summed E-state index contributed by atoms with van der Waals surface area (Å²) in [5.41, 5.74) is 1.41. The molecule has 0 fully saturated rings. The molecule has 1 amide bonds. The first-order valence-electron chi connectivity index (χ1n) is 5.55. The first-order valence-corrected chi connectivity index (χ1v) is 5.55. The van der Waals surface area contributed by atoms with Crippen LogP contribution in [0.3, 0.4) is 0 Å². The zero-order chi connectivity index (χ0) is 13.1. The number of amides is 1. The number of hydrogen-bond acceptors (Lipinski definition) is 4. The molecule has 1 aliphatic heterocycles. The number of nitrogens with one attached hydrogen (secondary N) is 1. The van der Waals surface area contributed by atoms with Crippen LogP contribution in [0.15, 0.2) is 41.6 Å². The van der Waals surface area contributed by atoms with Crippen molar-refractivity contribution < 1.29 is 14.3 Å². The molecule has 0 atom stereocenters. The second kappa shape index (κ2) is 4.91. The number of hydrogen-bond donors (Lipinski definition) is 1. The maximum absolute atomic E-state index is 12.2. The Morgan fingerprint density at radius 3 is 2.56 bits per heavy atom. The second-order valence-corrected chi connectivity index (χ2v) is 3.82. The number of nitrogens with zero attached hydrogens (tertiary/aromatic N) is 1. The molecule has 94 valence electrons. The number of likely N-dealkylation sites (N-methyl/N-ethyl adjacent to an activating group) is 1. The molecule has 0 radical (unpaired) electrons. The highest BCUT2D eigenvalue weighted by atomic mass is 16.5. The Bertz CT molecular complexity index is 508. The smallest absolute Gasteiger partial charge is 0.337 e. The van der Waals surface area contributed by atoms with Crippen LogP contribution in [0.2, 0.25) is 0 Å². The van der Waals surface area contributed by atoms with Gasteiger partial charge in [-0.3, -0.25) is 4.79 Å². The monoisotopic (exact) mass is 246 g/mol. The molecule has 1 aromatic rings. The van der Waals surface area contributed by atoms with Crippen LogP contribution >= 0.6 is 0 Å². The van der Waals surface area contributed by atoms with E-state index < -0.39 is 5.97 Å². The van der Waals surface area contributed by atoms with E-state index >= 15 is 0 Å². The summed E-state index contributed by atoms with van der Waals surface area (Å²) in [5, 5.41) is 2.77. The summed E-state index contributed by atoms with van der Waals surface area (Å²) in [4.78, 5) is 25.3. The predicted molar refractivity (Wildman–Crippen MR) is 66.9 cm³/mol. The molecule has 2 rings (SSSR count). The van der Waals surface area contributed by atoms with Gasteiger partial charge >= 0.3 is 5.97 Å². The molecule has 5 nitrogen and oxygen atoms in total. The van der Waals surface area contributed by atoms with Gasteiger partial charge in [-0.05, 0) is 12.1 Å². The molecule has 0 unspecified atom stereocenters. The lowest BCUT2D eigenvalue weighted by Gasteiger charge is -2.16. The maximum Gasteiger partial charge on any atom is 0.337 e. The van der Waals surface area contributed by atoms with Gasteiger partial charge in [0, 0.05) is 12.7 Å². The number of esters is 1. The standard InChI is InChI=1S/C13H14N2O3/c1-14-11-10(13(17)18-2)8-15(12(11)16)9-6-4-3-5-7-9/h3-7,14H,8H2,1-2H3. The number of benzene rings is 1. The van der Waals surface area contributed by atoms with E-state index in [1.807, 2.05) is 30.3 Å². The highest BCUT2D eigenvalue weighted by molar-refractivity contribution is 6.14. The Labute approximate surface area is 105 Å². The van der Waals surface area contributed by atoms with Crippen molar-refractivity contribution in [2.24, 2.45) is 0 Å². The Balaban J connectivity index is 2.33. The summed E-state index contributed by atoms with van der Waals surface area (Å²) in [5.74, 6) is -0.699. The summed E-state index contributed by atoms with van der Waals surface area (Å²) in [6.45, 7) is 0.228. The van der Waals surface area contributed by atoms with E-state index in [-0.39, 0.29) is 12.5 Å². The van der Waals surface area contributed by atoms with Gasteiger partial charge in [-0.1, -0.05) is 18.2 Å². The lowest BCUT2D eigenvalue weighted by Crippen LogP contribution is -2.29. The molecule has 1 heterocycles. The zero-order valence-corrected chi connectivity index (χ0v) is 10.3. The van der Waals surface area contributed by atoms with Crippen molar-refractivity contribution in [2.45, 2.75) is 0 Å². The van der Waals surface area contributed by atoms with Crippen LogP contribution in [0.25, 0.3) is 0 Å². The average molecular weight is 246 g/mol. The van der Waals surface area contributed by atoms with E-state index in [9.17, 15) is 9.59 Å². The van der Waals surface area contributed by atoms with Crippen LogP contribution in [0.1, 0.15) is 0 Å². The van der Waals surface area contributed by atoms with Gasteiger partial charge in [-0.15, -0.1) is 0 Å². The molecule has 5 heteroatoms. The van der Waals surface area contributed by atoms with Gasteiger partial charge in [0.2, 0.25) is 0 Å². The SMILES string of the molecule is CNC1=C(C(=O)OC)CN(c2ccccc2)C1=O. The third-order valence-electron chi connectivity index (χ3n) is 2.83. The summed E-state index contributed by atoms with van der Waals surface area (Å²) in [7, 11) is 2.92. The molecule has 0 aromatic heterocycles. The Hall–Kier alpha value is -2.30. The van der Waals surface area contributed by atoms with Crippen LogP contribution in [-0.4, -0.2) is 32.6 Å². The summed E-state index contributed by atoms with van der Waals surface area (Å²) < 4.78 is 4.68. The number of ether oxygens (including phenoxy) is 1. The Morgan fingerprint density at radius 2 is 2.00 bits per heavy atom. The minimum atomic E-state index is -0.480. The molecule has 0 aliphatic carbocycles. The largest absolute Gasteiger partial charge is 0.466 e. The van der Waals surface area contributed by atoms with Crippen molar-refractivity contribution in [2.75, 3.05) is 25.6 Å². The van der Waals surface area contributed by atoms with Gasteiger partial charge < -0.3 is 15.0 Å². The van der Waals surface area contributed by atoms with E-state index in [2.05, 4.69) is 10.1 Å². The van der Waals surface area contributed by atoms with Crippen molar-refractivity contribution in [1.82, 2.24) is 5.32 Å². The van der Waals surface area contributed by atoms with Crippen LogP contribution < -0.4 is 10.2 Å². The van der Waals surface area contributed by atoms with E-state index in [0.717, 1.165) is 5.69 Å². The number of para-hydroxylation sites is 1. The molecule has 0 saturated carbocycles. The number of carbonyl (C=O) groups is 2. The van der Waals surface area contributed by atoms with E-state index in [4.69, 9.17) is 0 Å². The molecule has 18 heavy (non-hydrogen) atoms. The van der Waals surface area contributed by atoms with E-state index in [0.29, 0.717) is 11.3 Å². The van der Waals surface area contributed by atoms with Gasteiger partial charge in [-0.2, -0.15) is 0 Å². The molecular weight excluding hydrogens is 232 g/mol. The van der Waals surface area contributed by atoms with E-state index in [1.165, 1.54) is 12.0 Å². The van der Waals surface area contributed by atoms with Crippen LogP contribution in [-0.2, 0) is 14.3 Å². The van der Waals surface area contributed by atoms with Crippen LogP contribution in [0.4, 0.5) is 5.69 Å². The van der Waals surface area contributed by atoms with Gasteiger partial charge in [0.1, 0.15) is 5.70 Å². The molecule has 1 N–H and O–H groups in total. The first kappa shape index (κ1) is 12.2. The topological polar surface area (TPSA) is 58.6 Å². The fraction of sp³-hybridized carbons (Fsp3) is 0.231. The lowest BCUT2D eigenvalue weighted by molar-refractivity contribution is -0.136. The van der Waals surface area contributed by atoms with E-state index in [1.54, 1.807) is 7.05 Å². The third kappa shape index (κ3) is 1.95. The lowest BCUT2D eigenvalue weighted by atomic mass is 10.2. The molecule has 1 aliphatic rings. The molecule has 1 aromatic carbocycles. The summed E-state index contributed by atoms with van der Waals surface area (Å²) in [6, 6.07) is 9.21. The maximum atomic E-state index is 12.2. The number of anilines is 1.